The lowest BCUT2D eigenvalue weighted by molar-refractivity contribution is -0.0798. The summed E-state index contributed by atoms with van der Waals surface area (Å²) in [6.07, 6.45) is 6.48. The van der Waals surface area contributed by atoms with Crippen molar-refractivity contribution in [3.8, 4) is 17.3 Å². The molecule has 0 saturated carbocycles. The third-order valence-electron chi connectivity index (χ3n) is 5.77. The molecule has 2 aromatic heterocycles. The number of piperidine rings is 1. The van der Waals surface area contributed by atoms with Crippen molar-refractivity contribution in [3.05, 3.63) is 60.6 Å². The van der Waals surface area contributed by atoms with Gasteiger partial charge in [0.05, 0.1) is 43.4 Å². The number of ether oxygens (including phenoxy) is 3. The van der Waals surface area contributed by atoms with Crippen LogP contribution < -0.4 is 9.47 Å². The molecule has 9 nitrogen and oxygen atoms in total. The SMILES string of the molecule is C[C@@H]1CC[C@@H](Oc2cc(OC3COC3)ccn2)CN1C(=O)c1ccccc1-n1nccn1. The molecule has 2 aliphatic rings. The number of benzene rings is 1. The molecule has 0 radical (unpaired) electrons. The number of aromatic nitrogens is 4. The predicted molar refractivity (Wildman–Crippen MR) is 115 cm³/mol. The highest BCUT2D eigenvalue weighted by Crippen LogP contribution is 2.26. The number of rotatable bonds is 6. The van der Waals surface area contributed by atoms with Crippen LogP contribution in [0, 0.1) is 0 Å². The lowest BCUT2D eigenvalue weighted by atomic mass is 9.99. The Morgan fingerprint density at radius 1 is 1.03 bits per heavy atom. The van der Waals surface area contributed by atoms with Gasteiger partial charge in [0.25, 0.3) is 5.91 Å². The zero-order valence-electron chi connectivity index (χ0n) is 17.8. The minimum atomic E-state index is -0.153. The van der Waals surface area contributed by atoms with Crippen LogP contribution in [0.2, 0.25) is 0 Å². The van der Waals surface area contributed by atoms with E-state index in [-0.39, 0.29) is 24.2 Å². The quantitative estimate of drug-likeness (QED) is 0.587. The van der Waals surface area contributed by atoms with Crippen LogP contribution in [0.25, 0.3) is 5.69 Å². The van der Waals surface area contributed by atoms with Gasteiger partial charge in [0.15, 0.2) is 0 Å². The van der Waals surface area contributed by atoms with Crippen molar-refractivity contribution >= 4 is 5.91 Å². The summed E-state index contributed by atoms with van der Waals surface area (Å²) >= 11 is 0. The largest absolute Gasteiger partial charge is 0.485 e. The van der Waals surface area contributed by atoms with E-state index < -0.39 is 0 Å². The Hall–Kier alpha value is -3.46. The van der Waals surface area contributed by atoms with E-state index in [9.17, 15) is 4.79 Å². The van der Waals surface area contributed by atoms with Crippen molar-refractivity contribution in [1.29, 1.82) is 0 Å². The summed E-state index contributed by atoms with van der Waals surface area (Å²) in [5, 5.41) is 8.37. The molecule has 32 heavy (non-hydrogen) atoms. The molecule has 0 bridgehead atoms. The van der Waals surface area contributed by atoms with E-state index in [1.807, 2.05) is 35.2 Å². The highest BCUT2D eigenvalue weighted by Gasteiger charge is 2.32. The van der Waals surface area contributed by atoms with Crippen LogP contribution in [-0.2, 0) is 4.74 Å². The molecule has 1 amide bonds. The van der Waals surface area contributed by atoms with Crippen molar-refractivity contribution < 1.29 is 19.0 Å². The zero-order chi connectivity index (χ0) is 21.9. The van der Waals surface area contributed by atoms with Crippen LogP contribution in [-0.4, -0.2) is 68.8 Å². The summed E-state index contributed by atoms with van der Waals surface area (Å²) in [5.41, 5.74) is 1.22. The van der Waals surface area contributed by atoms with Crippen LogP contribution in [0.4, 0.5) is 0 Å². The summed E-state index contributed by atoms with van der Waals surface area (Å²) in [5.74, 6) is 1.14. The van der Waals surface area contributed by atoms with Gasteiger partial charge in [0.1, 0.15) is 18.0 Å². The molecule has 9 heteroatoms. The highest BCUT2D eigenvalue weighted by atomic mass is 16.6. The molecule has 1 aromatic carbocycles. The molecule has 0 spiro atoms. The maximum Gasteiger partial charge on any atom is 0.256 e. The molecular formula is C23H25N5O4. The van der Waals surface area contributed by atoms with Gasteiger partial charge >= 0.3 is 0 Å². The maximum absolute atomic E-state index is 13.5. The van der Waals surface area contributed by atoms with Crippen molar-refractivity contribution in [1.82, 2.24) is 24.9 Å². The Morgan fingerprint density at radius 2 is 1.84 bits per heavy atom. The van der Waals surface area contributed by atoms with Crippen LogP contribution >= 0.6 is 0 Å². The molecule has 4 heterocycles. The van der Waals surface area contributed by atoms with Gasteiger partial charge in [-0.15, -0.1) is 0 Å². The second-order valence-electron chi connectivity index (χ2n) is 8.07. The number of likely N-dealkylation sites (tertiary alicyclic amines) is 1. The Balaban J connectivity index is 1.30. The van der Waals surface area contributed by atoms with Crippen LogP contribution in [0.1, 0.15) is 30.1 Å². The van der Waals surface area contributed by atoms with Gasteiger partial charge < -0.3 is 19.1 Å². The Kier molecular flexibility index (Phi) is 5.72. The number of amides is 1. The molecule has 2 fully saturated rings. The first-order valence-corrected chi connectivity index (χ1v) is 10.8. The molecule has 3 aromatic rings. The summed E-state index contributed by atoms with van der Waals surface area (Å²) in [6, 6.07) is 11.1. The number of carbonyl (C=O) groups excluding carboxylic acids is 1. The van der Waals surface area contributed by atoms with Gasteiger partial charge in [0.2, 0.25) is 5.88 Å². The van der Waals surface area contributed by atoms with Gasteiger partial charge in [0, 0.05) is 18.3 Å². The molecule has 0 aliphatic carbocycles. The van der Waals surface area contributed by atoms with Gasteiger partial charge in [-0.1, -0.05) is 12.1 Å². The summed E-state index contributed by atoms with van der Waals surface area (Å²) in [6.45, 7) is 3.75. The van der Waals surface area contributed by atoms with Crippen LogP contribution in [0.3, 0.4) is 0 Å². The number of nitrogens with zero attached hydrogens (tertiary/aromatic N) is 5. The van der Waals surface area contributed by atoms with Crippen LogP contribution in [0.5, 0.6) is 11.6 Å². The van der Waals surface area contributed by atoms with Crippen molar-refractivity contribution in [2.75, 3.05) is 19.8 Å². The lowest BCUT2D eigenvalue weighted by Crippen LogP contribution is -2.49. The lowest BCUT2D eigenvalue weighted by Gasteiger charge is -2.38. The third kappa shape index (κ3) is 4.29. The van der Waals surface area contributed by atoms with E-state index in [0.717, 1.165) is 12.8 Å². The molecule has 0 unspecified atom stereocenters. The molecule has 2 atom stereocenters. The topological polar surface area (TPSA) is 91.6 Å². The number of pyridine rings is 1. The van der Waals surface area contributed by atoms with E-state index in [1.165, 1.54) is 4.80 Å². The van der Waals surface area contributed by atoms with Crippen molar-refractivity contribution in [2.24, 2.45) is 0 Å². The smallest absolute Gasteiger partial charge is 0.256 e. The number of hydrogen-bond acceptors (Lipinski definition) is 7. The van der Waals surface area contributed by atoms with E-state index in [0.29, 0.717) is 42.6 Å². The Morgan fingerprint density at radius 3 is 2.62 bits per heavy atom. The average molecular weight is 435 g/mol. The first-order valence-electron chi connectivity index (χ1n) is 10.8. The molecule has 5 rings (SSSR count). The first-order chi connectivity index (χ1) is 15.7. The molecule has 166 valence electrons. The first kappa shape index (κ1) is 20.4. The van der Waals surface area contributed by atoms with E-state index in [1.54, 1.807) is 24.7 Å². The maximum atomic E-state index is 13.5. The van der Waals surface area contributed by atoms with E-state index in [2.05, 4.69) is 22.1 Å². The fourth-order valence-corrected chi connectivity index (χ4v) is 3.95. The Labute approximate surface area is 185 Å². The molecule has 2 aliphatic heterocycles. The molecule has 0 N–H and O–H groups in total. The van der Waals surface area contributed by atoms with Crippen molar-refractivity contribution in [3.63, 3.8) is 0 Å². The highest BCUT2D eigenvalue weighted by molar-refractivity contribution is 5.98. The number of carbonyl (C=O) groups is 1. The predicted octanol–water partition coefficient (Wildman–Crippen LogP) is 2.51. The standard InChI is InChI=1S/C23H25N5O4/c1-16-6-7-18(32-22-12-17(8-9-24-22)31-19-14-30-15-19)13-27(16)23(29)20-4-2-3-5-21(20)28-25-10-11-26-28/h2-5,8-12,16,18-19H,6-7,13-15H2,1H3/t16-,18-/m1/s1. The van der Waals surface area contributed by atoms with Gasteiger partial charge in [-0.3, -0.25) is 4.79 Å². The number of hydrogen-bond donors (Lipinski definition) is 0. The minimum Gasteiger partial charge on any atom is -0.485 e. The Bertz CT molecular complexity index is 1070. The van der Waals surface area contributed by atoms with E-state index >= 15 is 0 Å². The second kappa shape index (κ2) is 8.96. The van der Waals surface area contributed by atoms with Gasteiger partial charge in [-0.25, -0.2) is 4.98 Å². The van der Waals surface area contributed by atoms with Gasteiger partial charge in [-0.05, 0) is 38.0 Å². The monoisotopic (exact) mass is 435 g/mol. The fraction of sp³-hybridized carbons (Fsp3) is 0.391. The second-order valence-corrected chi connectivity index (χ2v) is 8.07. The average Bonchev–Trinajstić information content (AvgIpc) is 3.32. The van der Waals surface area contributed by atoms with Gasteiger partial charge in [-0.2, -0.15) is 15.0 Å². The number of para-hydroxylation sites is 1. The fourth-order valence-electron chi connectivity index (χ4n) is 3.95. The summed E-state index contributed by atoms with van der Waals surface area (Å²) in [4.78, 5) is 21.2. The van der Waals surface area contributed by atoms with E-state index in [4.69, 9.17) is 14.2 Å². The molecule has 2 saturated heterocycles. The summed E-state index contributed by atoms with van der Waals surface area (Å²) in [7, 11) is 0. The van der Waals surface area contributed by atoms with Crippen LogP contribution in [0.15, 0.2) is 55.0 Å². The zero-order valence-corrected chi connectivity index (χ0v) is 17.8. The normalized spacial score (nSPS) is 21.1. The minimum absolute atomic E-state index is 0.0614. The third-order valence-corrected chi connectivity index (χ3v) is 5.77. The van der Waals surface area contributed by atoms with Crippen molar-refractivity contribution in [2.45, 2.75) is 38.0 Å². The summed E-state index contributed by atoms with van der Waals surface area (Å²) < 4.78 is 17.1. The molecular weight excluding hydrogens is 410 g/mol.